The van der Waals surface area contributed by atoms with E-state index in [4.69, 9.17) is 4.74 Å². The fourth-order valence-electron chi connectivity index (χ4n) is 2.96. The highest BCUT2D eigenvalue weighted by atomic mass is 16.5. The van der Waals surface area contributed by atoms with Crippen LogP contribution in [-0.2, 0) is 17.6 Å². The van der Waals surface area contributed by atoms with Crippen molar-refractivity contribution in [2.75, 3.05) is 31.6 Å². The molecular weight excluding hydrogens is 316 g/mol. The van der Waals surface area contributed by atoms with E-state index in [0.29, 0.717) is 37.8 Å². The molecule has 0 radical (unpaired) electrons. The second-order valence-corrected chi connectivity index (χ2v) is 5.97. The minimum absolute atomic E-state index is 0.0921. The van der Waals surface area contributed by atoms with E-state index in [1.165, 1.54) is 11.1 Å². The smallest absolute Gasteiger partial charge is 0.274 e. The van der Waals surface area contributed by atoms with Gasteiger partial charge in [-0.15, -0.1) is 0 Å². The molecule has 132 valence electrons. The summed E-state index contributed by atoms with van der Waals surface area (Å²) < 4.78 is 5.27. The third-order valence-corrected chi connectivity index (χ3v) is 4.42. The van der Waals surface area contributed by atoms with Gasteiger partial charge in [0.15, 0.2) is 0 Å². The molecule has 3 rings (SSSR count). The molecule has 1 saturated heterocycles. The number of hydrogen-bond donors (Lipinski definition) is 1. The van der Waals surface area contributed by atoms with Gasteiger partial charge in [-0.05, 0) is 24.0 Å². The lowest BCUT2D eigenvalue weighted by molar-refractivity contribution is 0.0298. The maximum Gasteiger partial charge on any atom is 0.274 e. The van der Waals surface area contributed by atoms with Crippen molar-refractivity contribution in [3.05, 3.63) is 47.4 Å². The number of carbonyl (C=O) groups excluding carboxylic acids is 1. The average molecular weight is 340 g/mol. The summed E-state index contributed by atoms with van der Waals surface area (Å²) in [4.78, 5) is 22.9. The SMILES string of the molecule is CCc1cccc(CC)c1Nc1cnc(C(=O)N2CCOCC2)cn1. The summed E-state index contributed by atoms with van der Waals surface area (Å²) in [5.41, 5.74) is 3.95. The number of nitrogens with one attached hydrogen (secondary N) is 1. The van der Waals surface area contributed by atoms with Crippen molar-refractivity contribution in [1.82, 2.24) is 14.9 Å². The van der Waals surface area contributed by atoms with Gasteiger partial charge in [0.25, 0.3) is 5.91 Å². The molecule has 0 bridgehead atoms. The molecule has 6 nitrogen and oxygen atoms in total. The number of benzene rings is 1. The van der Waals surface area contributed by atoms with Crippen LogP contribution in [0.25, 0.3) is 0 Å². The number of rotatable bonds is 5. The molecule has 0 atom stereocenters. The molecule has 1 aliphatic rings. The first-order chi connectivity index (χ1) is 12.2. The topological polar surface area (TPSA) is 67.4 Å². The first-order valence-corrected chi connectivity index (χ1v) is 8.79. The average Bonchev–Trinajstić information content (AvgIpc) is 2.69. The zero-order valence-corrected chi connectivity index (χ0v) is 14.8. The number of carbonyl (C=O) groups is 1. The van der Waals surface area contributed by atoms with Crippen LogP contribution in [0.1, 0.15) is 35.5 Å². The second-order valence-electron chi connectivity index (χ2n) is 5.97. The lowest BCUT2D eigenvalue weighted by Crippen LogP contribution is -2.41. The van der Waals surface area contributed by atoms with Crippen molar-refractivity contribution in [3.63, 3.8) is 0 Å². The first kappa shape index (κ1) is 17.4. The summed E-state index contributed by atoms with van der Waals surface area (Å²) in [6.07, 6.45) is 5.05. The molecular formula is C19H24N4O2. The lowest BCUT2D eigenvalue weighted by atomic mass is 10.0. The van der Waals surface area contributed by atoms with Crippen molar-refractivity contribution < 1.29 is 9.53 Å². The summed E-state index contributed by atoms with van der Waals surface area (Å²) in [5.74, 6) is 0.555. The molecule has 2 heterocycles. The van der Waals surface area contributed by atoms with Crippen molar-refractivity contribution in [2.24, 2.45) is 0 Å². The number of nitrogens with zero attached hydrogens (tertiary/aromatic N) is 3. The number of hydrogen-bond acceptors (Lipinski definition) is 5. The molecule has 6 heteroatoms. The Labute approximate surface area is 148 Å². The summed E-state index contributed by atoms with van der Waals surface area (Å²) >= 11 is 0. The Morgan fingerprint density at radius 3 is 2.36 bits per heavy atom. The monoisotopic (exact) mass is 340 g/mol. The highest BCUT2D eigenvalue weighted by Gasteiger charge is 2.20. The molecule has 2 aromatic rings. The maximum absolute atomic E-state index is 12.4. The Morgan fingerprint density at radius 2 is 1.80 bits per heavy atom. The number of aromatic nitrogens is 2. The Kier molecular flexibility index (Phi) is 5.60. The summed E-state index contributed by atoms with van der Waals surface area (Å²) in [5, 5.41) is 3.37. The second kappa shape index (κ2) is 8.07. The van der Waals surface area contributed by atoms with E-state index in [2.05, 4.69) is 47.3 Å². The molecule has 1 aromatic carbocycles. The van der Waals surface area contributed by atoms with Gasteiger partial charge in [0.2, 0.25) is 0 Å². The van der Waals surface area contributed by atoms with Crippen LogP contribution in [-0.4, -0.2) is 47.1 Å². The maximum atomic E-state index is 12.4. The number of amides is 1. The van der Waals surface area contributed by atoms with Crippen molar-refractivity contribution >= 4 is 17.4 Å². The summed E-state index contributed by atoms with van der Waals surface area (Å²) in [6.45, 7) is 6.62. The molecule has 0 aliphatic carbocycles. The number of ether oxygens (including phenoxy) is 1. The largest absolute Gasteiger partial charge is 0.378 e. The van der Waals surface area contributed by atoms with Crippen molar-refractivity contribution in [3.8, 4) is 0 Å². The first-order valence-electron chi connectivity index (χ1n) is 8.79. The normalized spacial score (nSPS) is 14.4. The van der Waals surface area contributed by atoms with Crippen LogP contribution in [0.4, 0.5) is 11.5 Å². The minimum Gasteiger partial charge on any atom is -0.378 e. The Morgan fingerprint density at radius 1 is 1.12 bits per heavy atom. The zero-order valence-electron chi connectivity index (χ0n) is 14.8. The van der Waals surface area contributed by atoms with Crippen LogP contribution in [0.3, 0.4) is 0 Å². The van der Waals surface area contributed by atoms with Gasteiger partial charge in [0.1, 0.15) is 11.5 Å². The molecule has 1 aromatic heterocycles. The van der Waals surface area contributed by atoms with E-state index in [9.17, 15) is 4.79 Å². The van der Waals surface area contributed by atoms with Gasteiger partial charge in [-0.25, -0.2) is 9.97 Å². The standard InChI is InChI=1S/C19H24N4O2/c1-3-14-6-5-7-15(4-2)18(14)22-17-13-20-16(12-21-17)19(24)23-8-10-25-11-9-23/h5-7,12-13H,3-4,8-11H2,1-2H3,(H,21,22). The van der Waals surface area contributed by atoms with Crippen LogP contribution in [0.5, 0.6) is 0 Å². The van der Waals surface area contributed by atoms with E-state index in [-0.39, 0.29) is 5.91 Å². The molecule has 1 N–H and O–H groups in total. The number of morpholine rings is 1. The fraction of sp³-hybridized carbons (Fsp3) is 0.421. The predicted octanol–water partition coefficient (Wildman–Crippen LogP) is 2.82. The minimum atomic E-state index is -0.0921. The number of anilines is 2. The molecule has 0 spiro atoms. The van der Waals surface area contributed by atoms with Gasteiger partial charge >= 0.3 is 0 Å². The third-order valence-electron chi connectivity index (χ3n) is 4.42. The molecule has 1 amide bonds. The highest BCUT2D eigenvalue weighted by molar-refractivity contribution is 5.92. The van der Waals surface area contributed by atoms with E-state index in [1.807, 2.05) is 0 Å². The Balaban J connectivity index is 1.76. The van der Waals surface area contributed by atoms with Crippen LogP contribution >= 0.6 is 0 Å². The van der Waals surface area contributed by atoms with Gasteiger partial charge in [-0.2, -0.15) is 0 Å². The van der Waals surface area contributed by atoms with Gasteiger partial charge in [0, 0.05) is 18.8 Å². The van der Waals surface area contributed by atoms with Crippen LogP contribution in [0.15, 0.2) is 30.6 Å². The van der Waals surface area contributed by atoms with E-state index in [1.54, 1.807) is 17.3 Å². The molecule has 0 saturated carbocycles. The summed E-state index contributed by atoms with van der Waals surface area (Å²) in [6, 6.07) is 6.31. The Hall–Kier alpha value is -2.47. The molecule has 1 fully saturated rings. The zero-order chi connectivity index (χ0) is 17.6. The van der Waals surface area contributed by atoms with Crippen LogP contribution in [0.2, 0.25) is 0 Å². The number of para-hydroxylation sites is 1. The van der Waals surface area contributed by atoms with E-state index >= 15 is 0 Å². The van der Waals surface area contributed by atoms with Crippen LogP contribution in [0, 0.1) is 0 Å². The van der Waals surface area contributed by atoms with Gasteiger partial charge < -0.3 is 15.0 Å². The summed E-state index contributed by atoms with van der Waals surface area (Å²) in [7, 11) is 0. The van der Waals surface area contributed by atoms with Gasteiger partial charge in [-0.3, -0.25) is 4.79 Å². The third kappa shape index (κ3) is 3.96. The van der Waals surface area contributed by atoms with Gasteiger partial charge in [-0.1, -0.05) is 32.0 Å². The number of aryl methyl sites for hydroxylation is 2. The van der Waals surface area contributed by atoms with Gasteiger partial charge in [0.05, 0.1) is 25.6 Å². The quantitative estimate of drug-likeness (QED) is 0.906. The van der Waals surface area contributed by atoms with E-state index < -0.39 is 0 Å². The molecule has 25 heavy (non-hydrogen) atoms. The van der Waals surface area contributed by atoms with Crippen LogP contribution < -0.4 is 5.32 Å². The fourth-order valence-corrected chi connectivity index (χ4v) is 2.96. The van der Waals surface area contributed by atoms with Crippen molar-refractivity contribution in [2.45, 2.75) is 26.7 Å². The predicted molar refractivity (Wildman–Crippen MR) is 97.2 cm³/mol. The van der Waals surface area contributed by atoms with E-state index in [0.717, 1.165) is 18.5 Å². The lowest BCUT2D eigenvalue weighted by Gasteiger charge is -2.26. The van der Waals surface area contributed by atoms with Crippen molar-refractivity contribution in [1.29, 1.82) is 0 Å². The Bertz CT molecular complexity index is 702. The molecule has 0 unspecified atom stereocenters. The highest BCUT2D eigenvalue weighted by Crippen LogP contribution is 2.25. The molecule has 1 aliphatic heterocycles.